The summed E-state index contributed by atoms with van der Waals surface area (Å²) in [6, 6.07) is 12.6. The Balaban J connectivity index is 1.63. The average molecular weight is 467 g/mol. The van der Waals surface area contributed by atoms with Crippen LogP contribution in [-0.4, -0.2) is 39.5 Å². The van der Waals surface area contributed by atoms with Crippen molar-refractivity contribution in [2.45, 2.75) is 32.2 Å². The molecule has 1 N–H and O–H groups in total. The summed E-state index contributed by atoms with van der Waals surface area (Å²) in [5.41, 5.74) is 3.03. The Morgan fingerprint density at radius 3 is 2.76 bits per heavy atom. The number of carbonyl (C=O) groups is 2. The van der Waals surface area contributed by atoms with Crippen LogP contribution >= 0.6 is 11.8 Å². The molecule has 0 unspecified atom stereocenters. The Bertz CT molecular complexity index is 1160. The van der Waals surface area contributed by atoms with Crippen LogP contribution in [-0.2, 0) is 22.7 Å². The van der Waals surface area contributed by atoms with Crippen LogP contribution in [0.5, 0.6) is 5.75 Å². The third-order valence-electron chi connectivity index (χ3n) is 4.71. The number of carbonyl (C=O) groups excluding carboxylic acids is 2. The van der Waals surface area contributed by atoms with E-state index < -0.39 is 5.97 Å². The van der Waals surface area contributed by atoms with Gasteiger partial charge in [-0.25, -0.2) is 4.79 Å². The normalized spacial score (nSPS) is 10.5. The number of anilines is 1. The molecule has 2 aromatic carbocycles. The summed E-state index contributed by atoms with van der Waals surface area (Å²) < 4.78 is 12.5. The van der Waals surface area contributed by atoms with Gasteiger partial charge >= 0.3 is 5.97 Å². The molecule has 0 spiro atoms. The lowest BCUT2D eigenvalue weighted by Crippen LogP contribution is -2.15. The number of aromatic nitrogens is 3. The van der Waals surface area contributed by atoms with Crippen LogP contribution in [0.25, 0.3) is 0 Å². The number of esters is 1. The van der Waals surface area contributed by atoms with E-state index in [0.717, 1.165) is 16.9 Å². The number of rotatable bonds is 10. The van der Waals surface area contributed by atoms with Crippen molar-refractivity contribution in [2.75, 3.05) is 18.2 Å². The molecule has 3 rings (SSSR count). The summed E-state index contributed by atoms with van der Waals surface area (Å²) in [4.78, 5) is 24.1. The van der Waals surface area contributed by atoms with Gasteiger partial charge in [-0.2, -0.15) is 0 Å². The van der Waals surface area contributed by atoms with Crippen molar-refractivity contribution in [3.05, 3.63) is 77.6 Å². The number of aryl methyl sites for hydroxylation is 2. The maximum Gasteiger partial charge on any atom is 0.337 e. The quantitative estimate of drug-likeness (QED) is 0.272. The molecule has 3 aromatic rings. The van der Waals surface area contributed by atoms with Crippen molar-refractivity contribution in [2.24, 2.45) is 0 Å². The highest BCUT2D eigenvalue weighted by Crippen LogP contribution is 2.22. The van der Waals surface area contributed by atoms with Crippen molar-refractivity contribution in [1.29, 1.82) is 0 Å². The molecule has 0 fully saturated rings. The largest absolute Gasteiger partial charge is 0.485 e. The van der Waals surface area contributed by atoms with E-state index >= 15 is 0 Å². The fourth-order valence-corrected chi connectivity index (χ4v) is 3.79. The first-order chi connectivity index (χ1) is 15.9. The second kappa shape index (κ2) is 11.3. The predicted octanol–water partition coefficient (Wildman–Crippen LogP) is 4.18. The topological polar surface area (TPSA) is 95.3 Å². The first-order valence-electron chi connectivity index (χ1n) is 10.2. The number of thioether (sulfide) groups is 1. The minimum absolute atomic E-state index is 0.121. The second-order valence-corrected chi connectivity index (χ2v) is 8.21. The number of hydrogen-bond acceptors (Lipinski definition) is 7. The van der Waals surface area contributed by atoms with Gasteiger partial charge in [0.15, 0.2) is 11.0 Å². The Morgan fingerprint density at radius 1 is 1.18 bits per heavy atom. The highest BCUT2D eigenvalue weighted by atomic mass is 32.2. The molecule has 33 heavy (non-hydrogen) atoms. The van der Waals surface area contributed by atoms with E-state index in [9.17, 15) is 9.59 Å². The maximum absolute atomic E-state index is 12.4. The number of allylic oxidation sites excluding steroid dienone is 1. The Morgan fingerprint density at radius 2 is 2.00 bits per heavy atom. The lowest BCUT2D eigenvalue weighted by Gasteiger charge is -2.11. The fourth-order valence-electron chi connectivity index (χ4n) is 3.02. The molecule has 8 nitrogen and oxygen atoms in total. The Labute approximate surface area is 197 Å². The van der Waals surface area contributed by atoms with Gasteiger partial charge in [-0.3, -0.25) is 9.36 Å². The van der Waals surface area contributed by atoms with Crippen molar-refractivity contribution >= 4 is 29.3 Å². The first kappa shape index (κ1) is 24.1. The van der Waals surface area contributed by atoms with Crippen molar-refractivity contribution < 1.29 is 19.1 Å². The van der Waals surface area contributed by atoms with Crippen LogP contribution in [0.4, 0.5) is 5.69 Å². The zero-order valence-corrected chi connectivity index (χ0v) is 19.6. The van der Waals surface area contributed by atoms with Gasteiger partial charge in [-0.15, -0.1) is 16.8 Å². The summed E-state index contributed by atoms with van der Waals surface area (Å²) in [5, 5.41) is 11.8. The fraction of sp³-hybridized carbons (Fsp3) is 0.250. The van der Waals surface area contributed by atoms with Gasteiger partial charge < -0.3 is 14.8 Å². The average Bonchev–Trinajstić information content (AvgIpc) is 3.19. The van der Waals surface area contributed by atoms with Gasteiger partial charge in [0.25, 0.3) is 0 Å². The first-order valence-corrected chi connectivity index (χ1v) is 11.2. The molecule has 172 valence electrons. The summed E-state index contributed by atoms with van der Waals surface area (Å²) >= 11 is 1.26. The van der Waals surface area contributed by atoms with Crippen molar-refractivity contribution in [3.63, 3.8) is 0 Å². The molecular formula is C24H26N4O4S. The van der Waals surface area contributed by atoms with E-state index in [4.69, 9.17) is 9.47 Å². The number of amides is 1. The van der Waals surface area contributed by atoms with Gasteiger partial charge in [0, 0.05) is 12.2 Å². The Hall–Kier alpha value is -3.59. The van der Waals surface area contributed by atoms with Crippen molar-refractivity contribution in [1.82, 2.24) is 14.8 Å². The molecule has 1 amide bonds. The SMILES string of the molecule is C=CCn1c(COc2cc(C)ccc2C)nnc1SCC(=O)Nc1cccc(C(=O)OC)c1. The molecule has 0 aliphatic carbocycles. The number of benzene rings is 2. The van der Waals surface area contributed by atoms with Gasteiger partial charge in [0.05, 0.1) is 18.4 Å². The molecule has 0 atom stereocenters. The van der Waals surface area contributed by atoms with Crippen LogP contribution in [0.3, 0.4) is 0 Å². The summed E-state index contributed by atoms with van der Waals surface area (Å²) in [6.07, 6.45) is 1.74. The third kappa shape index (κ3) is 6.45. The molecule has 0 radical (unpaired) electrons. The number of nitrogens with one attached hydrogen (secondary N) is 1. The number of hydrogen-bond donors (Lipinski definition) is 1. The Kier molecular flexibility index (Phi) is 8.26. The molecule has 1 heterocycles. The molecule has 0 saturated heterocycles. The zero-order chi connectivity index (χ0) is 23.8. The standard InChI is InChI=1S/C24H26N4O4S/c1-5-11-28-21(14-32-20-12-16(2)9-10-17(20)3)26-27-24(28)33-15-22(29)25-19-8-6-7-18(13-19)23(30)31-4/h5-10,12-13H,1,11,14-15H2,2-4H3,(H,25,29). The number of methoxy groups -OCH3 is 1. The van der Waals surface area contributed by atoms with Crippen LogP contribution in [0.1, 0.15) is 27.3 Å². The van der Waals surface area contributed by atoms with E-state index in [2.05, 4.69) is 22.1 Å². The smallest absolute Gasteiger partial charge is 0.337 e. The highest BCUT2D eigenvalue weighted by Gasteiger charge is 2.15. The maximum atomic E-state index is 12.4. The second-order valence-electron chi connectivity index (χ2n) is 7.26. The molecule has 0 aliphatic rings. The monoisotopic (exact) mass is 466 g/mol. The van der Waals surface area contributed by atoms with Crippen LogP contribution in [0, 0.1) is 13.8 Å². The lowest BCUT2D eigenvalue weighted by atomic mass is 10.1. The van der Waals surface area contributed by atoms with E-state index in [0.29, 0.717) is 28.8 Å². The minimum atomic E-state index is -0.464. The van der Waals surface area contributed by atoms with Crippen LogP contribution < -0.4 is 10.1 Å². The summed E-state index contributed by atoms with van der Waals surface area (Å²) in [5.74, 6) is 0.864. The van der Waals surface area contributed by atoms with Crippen molar-refractivity contribution in [3.8, 4) is 5.75 Å². The molecular weight excluding hydrogens is 440 g/mol. The van der Waals surface area contributed by atoms with Gasteiger partial charge in [0.2, 0.25) is 5.91 Å². The van der Waals surface area contributed by atoms with E-state index in [-0.39, 0.29) is 18.3 Å². The van der Waals surface area contributed by atoms with Crippen LogP contribution in [0.15, 0.2) is 60.3 Å². The summed E-state index contributed by atoms with van der Waals surface area (Å²) in [6.45, 7) is 8.54. The van der Waals surface area contributed by atoms with Gasteiger partial charge in [-0.05, 0) is 49.2 Å². The van der Waals surface area contributed by atoms with E-state index in [1.807, 2.05) is 36.6 Å². The summed E-state index contributed by atoms with van der Waals surface area (Å²) in [7, 11) is 1.31. The van der Waals surface area contributed by atoms with E-state index in [1.54, 1.807) is 30.3 Å². The minimum Gasteiger partial charge on any atom is -0.485 e. The van der Waals surface area contributed by atoms with Gasteiger partial charge in [-0.1, -0.05) is 36.0 Å². The number of ether oxygens (including phenoxy) is 2. The molecule has 9 heteroatoms. The molecule has 0 saturated carbocycles. The molecule has 0 aliphatic heterocycles. The number of nitrogens with zero attached hydrogens (tertiary/aromatic N) is 3. The zero-order valence-electron chi connectivity index (χ0n) is 18.8. The van der Waals surface area contributed by atoms with Crippen LogP contribution in [0.2, 0.25) is 0 Å². The lowest BCUT2D eigenvalue weighted by molar-refractivity contribution is -0.113. The van der Waals surface area contributed by atoms with Gasteiger partial charge in [0.1, 0.15) is 12.4 Å². The molecule has 0 bridgehead atoms. The van der Waals surface area contributed by atoms with E-state index in [1.165, 1.54) is 18.9 Å². The molecule has 1 aromatic heterocycles. The predicted molar refractivity (Wildman–Crippen MR) is 128 cm³/mol. The highest BCUT2D eigenvalue weighted by molar-refractivity contribution is 7.99. The third-order valence-corrected chi connectivity index (χ3v) is 5.67.